The SMILES string of the molecule is CSc1ccccc1N1CCN(CCCc2ccccc2)CC1. The van der Waals surface area contributed by atoms with Gasteiger partial charge in [-0.2, -0.15) is 0 Å². The van der Waals surface area contributed by atoms with Crippen LogP contribution in [0.4, 0.5) is 5.69 Å². The van der Waals surface area contributed by atoms with Crippen molar-refractivity contribution in [3.8, 4) is 0 Å². The number of para-hydroxylation sites is 1. The van der Waals surface area contributed by atoms with Crippen LogP contribution in [0.2, 0.25) is 0 Å². The number of piperazine rings is 1. The van der Waals surface area contributed by atoms with E-state index >= 15 is 0 Å². The van der Waals surface area contributed by atoms with E-state index in [4.69, 9.17) is 0 Å². The maximum Gasteiger partial charge on any atom is 0.0505 e. The van der Waals surface area contributed by atoms with Crippen molar-refractivity contribution in [1.82, 2.24) is 4.90 Å². The van der Waals surface area contributed by atoms with Crippen molar-refractivity contribution in [3.63, 3.8) is 0 Å². The van der Waals surface area contributed by atoms with Gasteiger partial charge in [0.1, 0.15) is 0 Å². The van der Waals surface area contributed by atoms with Crippen molar-refractivity contribution in [3.05, 3.63) is 60.2 Å². The van der Waals surface area contributed by atoms with Gasteiger partial charge in [0.15, 0.2) is 0 Å². The molecule has 1 fully saturated rings. The number of rotatable bonds is 6. The summed E-state index contributed by atoms with van der Waals surface area (Å²) in [5.74, 6) is 0. The molecule has 2 aromatic carbocycles. The molecule has 1 heterocycles. The number of hydrogen-bond acceptors (Lipinski definition) is 3. The van der Waals surface area contributed by atoms with Crippen LogP contribution in [0.15, 0.2) is 59.5 Å². The molecule has 1 saturated heterocycles. The lowest BCUT2D eigenvalue weighted by molar-refractivity contribution is 0.255. The second-order valence-corrected chi connectivity index (χ2v) is 6.94. The van der Waals surface area contributed by atoms with Crippen LogP contribution in [0.5, 0.6) is 0 Å². The third-order valence-electron chi connectivity index (χ3n) is 4.58. The van der Waals surface area contributed by atoms with Crippen LogP contribution in [-0.4, -0.2) is 43.9 Å². The number of thioether (sulfide) groups is 1. The Labute approximate surface area is 144 Å². The molecule has 0 bridgehead atoms. The molecular weight excluding hydrogens is 300 g/mol. The van der Waals surface area contributed by atoms with Gasteiger partial charge in [0.2, 0.25) is 0 Å². The quantitative estimate of drug-likeness (QED) is 0.736. The summed E-state index contributed by atoms with van der Waals surface area (Å²) >= 11 is 1.85. The largest absolute Gasteiger partial charge is 0.368 e. The summed E-state index contributed by atoms with van der Waals surface area (Å²) in [4.78, 5) is 6.55. The lowest BCUT2D eigenvalue weighted by atomic mass is 10.1. The topological polar surface area (TPSA) is 6.48 Å². The fraction of sp³-hybridized carbons (Fsp3) is 0.400. The van der Waals surface area contributed by atoms with Crippen LogP contribution in [0, 0.1) is 0 Å². The third kappa shape index (κ3) is 4.52. The molecule has 1 aliphatic heterocycles. The molecular formula is C20H26N2S. The highest BCUT2D eigenvalue weighted by Crippen LogP contribution is 2.28. The van der Waals surface area contributed by atoms with E-state index in [2.05, 4.69) is 70.7 Å². The van der Waals surface area contributed by atoms with Gasteiger partial charge >= 0.3 is 0 Å². The summed E-state index contributed by atoms with van der Waals surface area (Å²) in [5.41, 5.74) is 2.86. The second-order valence-electron chi connectivity index (χ2n) is 6.09. The van der Waals surface area contributed by atoms with Crippen molar-refractivity contribution < 1.29 is 0 Å². The van der Waals surface area contributed by atoms with Gasteiger partial charge in [-0.1, -0.05) is 42.5 Å². The summed E-state index contributed by atoms with van der Waals surface area (Å²) in [6.45, 7) is 5.85. The Hall–Kier alpha value is -1.45. The molecule has 2 nitrogen and oxygen atoms in total. The predicted octanol–water partition coefficient (Wildman–Crippen LogP) is 4.16. The molecule has 1 aliphatic rings. The first kappa shape index (κ1) is 16.4. The summed E-state index contributed by atoms with van der Waals surface area (Å²) < 4.78 is 0. The molecule has 122 valence electrons. The van der Waals surface area contributed by atoms with Crippen LogP contribution < -0.4 is 4.90 Å². The Kier molecular flexibility index (Phi) is 6.00. The zero-order valence-electron chi connectivity index (χ0n) is 13.9. The van der Waals surface area contributed by atoms with Crippen LogP contribution in [0.1, 0.15) is 12.0 Å². The average molecular weight is 327 g/mol. The Balaban J connectivity index is 1.45. The minimum Gasteiger partial charge on any atom is -0.368 e. The zero-order valence-corrected chi connectivity index (χ0v) is 14.8. The van der Waals surface area contributed by atoms with Crippen molar-refractivity contribution in [1.29, 1.82) is 0 Å². The first-order chi connectivity index (χ1) is 11.4. The molecule has 0 spiro atoms. The van der Waals surface area contributed by atoms with Gasteiger partial charge in [-0.3, -0.25) is 4.90 Å². The van der Waals surface area contributed by atoms with Crippen molar-refractivity contribution in [2.75, 3.05) is 43.9 Å². The zero-order chi connectivity index (χ0) is 15.9. The van der Waals surface area contributed by atoms with E-state index in [0.717, 1.165) is 13.1 Å². The number of hydrogen-bond donors (Lipinski definition) is 0. The Morgan fingerprint density at radius 3 is 2.30 bits per heavy atom. The van der Waals surface area contributed by atoms with Crippen molar-refractivity contribution in [2.45, 2.75) is 17.7 Å². The molecule has 2 aromatic rings. The van der Waals surface area contributed by atoms with E-state index in [1.165, 1.54) is 48.6 Å². The lowest BCUT2D eigenvalue weighted by Crippen LogP contribution is -2.46. The molecule has 0 N–H and O–H groups in total. The molecule has 0 atom stereocenters. The molecule has 0 radical (unpaired) electrons. The fourth-order valence-corrected chi connectivity index (χ4v) is 3.88. The van der Waals surface area contributed by atoms with Gasteiger partial charge in [-0.15, -0.1) is 11.8 Å². The minimum atomic E-state index is 1.14. The molecule has 0 unspecified atom stereocenters. The molecule has 0 amide bonds. The molecule has 0 saturated carbocycles. The highest BCUT2D eigenvalue weighted by molar-refractivity contribution is 7.98. The van der Waals surface area contributed by atoms with Gasteiger partial charge in [0.05, 0.1) is 5.69 Å². The van der Waals surface area contributed by atoms with Crippen molar-refractivity contribution >= 4 is 17.4 Å². The monoisotopic (exact) mass is 326 g/mol. The summed E-state index contributed by atoms with van der Waals surface area (Å²) in [5, 5.41) is 0. The smallest absolute Gasteiger partial charge is 0.0505 e. The van der Waals surface area contributed by atoms with E-state index in [0.29, 0.717) is 0 Å². The van der Waals surface area contributed by atoms with Gasteiger partial charge in [-0.05, 0) is 43.3 Å². The van der Waals surface area contributed by atoms with E-state index in [-0.39, 0.29) is 0 Å². The van der Waals surface area contributed by atoms with Crippen LogP contribution >= 0.6 is 11.8 Å². The number of aryl methyl sites for hydroxylation is 1. The highest BCUT2D eigenvalue weighted by Gasteiger charge is 2.18. The molecule has 3 heteroatoms. The Bertz CT molecular complexity index is 592. The summed E-state index contributed by atoms with van der Waals surface area (Å²) in [6.07, 6.45) is 4.61. The van der Waals surface area contributed by atoms with Crippen LogP contribution in [0.3, 0.4) is 0 Å². The number of benzene rings is 2. The molecule has 0 aromatic heterocycles. The Morgan fingerprint density at radius 2 is 1.57 bits per heavy atom. The van der Waals surface area contributed by atoms with Gasteiger partial charge in [0, 0.05) is 31.1 Å². The highest BCUT2D eigenvalue weighted by atomic mass is 32.2. The summed E-state index contributed by atoms with van der Waals surface area (Å²) in [6, 6.07) is 19.6. The number of anilines is 1. The predicted molar refractivity (Wildman–Crippen MR) is 102 cm³/mol. The third-order valence-corrected chi connectivity index (χ3v) is 5.37. The van der Waals surface area contributed by atoms with Gasteiger partial charge in [0.25, 0.3) is 0 Å². The van der Waals surface area contributed by atoms with E-state index < -0.39 is 0 Å². The maximum absolute atomic E-state index is 2.61. The van der Waals surface area contributed by atoms with E-state index in [1.807, 2.05) is 11.8 Å². The minimum absolute atomic E-state index is 1.14. The summed E-state index contributed by atoms with van der Waals surface area (Å²) in [7, 11) is 0. The maximum atomic E-state index is 2.61. The van der Waals surface area contributed by atoms with E-state index in [9.17, 15) is 0 Å². The first-order valence-corrected chi connectivity index (χ1v) is 9.73. The standard InChI is InChI=1S/C20H26N2S/c1-23-20-12-6-5-11-19(20)22-16-14-21(15-17-22)13-7-10-18-8-3-2-4-9-18/h2-6,8-9,11-12H,7,10,13-17H2,1H3. The average Bonchev–Trinajstić information content (AvgIpc) is 2.63. The second kappa shape index (κ2) is 8.42. The fourth-order valence-electron chi connectivity index (χ4n) is 3.25. The normalized spacial score (nSPS) is 15.8. The molecule has 0 aliphatic carbocycles. The number of nitrogens with zero attached hydrogens (tertiary/aromatic N) is 2. The van der Waals surface area contributed by atoms with E-state index in [1.54, 1.807) is 0 Å². The first-order valence-electron chi connectivity index (χ1n) is 8.51. The van der Waals surface area contributed by atoms with Gasteiger partial charge < -0.3 is 4.90 Å². The molecule has 3 rings (SSSR count). The molecule has 23 heavy (non-hydrogen) atoms. The lowest BCUT2D eigenvalue weighted by Gasteiger charge is -2.36. The van der Waals surface area contributed by atoms with Gasteiger partial charge in [-0.25, -0.2) is 0 Å². The Morgan fingerprint density at radius 1 is 0.870 bits per heavy atom. The van der Waals surface area contributed by atoms with Crippen LogP contribution in [0.25, 0.3) is 0 Å². The van der Waals surface area contributed by atoms with Crippen LogP contribution in [-0.2, 0) is 6.42 Å². The van der Waals surface area contributed by atoms with Crippen molar-refractivity contribution in [2.24, 2.45) is 0 Å².